The van der Waals surface area contributed by atoms with Crippen LogP contribution in [0.1, 0.15) is 78.6 Å². The van der Waals surface area contributed by atoms with E-state index in [1.54, 1.807) is 0 Å². The van der Waals surface area contributed by atoms with Crippen molar-refractivity contribution < 1.29 is 0 Å². The predicted octanol–water partition coefficient (Wildman–Crippen LogP) is 16.9. The van der Waals surface area contributed by atoms with Crippen LogP contribution < -0.4 is 0 Å². The molecule has 0 saturated heterocycles. The van der Waals surface area contributed by atoms with E-state index in [4.69, 9.17) is 19.3 Å². The molecule has 72 heavy (non-hydrogen) atoms. The van der Waals surface area contributed by atoms with Crippen LogP contribution >= 0.6 is 0 Å². The minimum atomic E-state index is 0.208. The van der Waals surface area contributed by atoms with Gasteiger partial charge in [-0.05, 0) is 214 Å². The van der Waals surface area contributed by atoms with Crippen LogP contribution in [-0.2, 0) is 12.8 Å². The van der Waals surface area contributed by atoms with E-state index in [0.717, 1.165) is 35.1 Å². The van der Waals surface area contributed by atoms with E-state index in [1.807, 2.05) is 12.1 Å². The predicted molar refractivity (Wildman–Crippen MR) is 300 cm³/mol. The quantitative estimate of drug-likeness (QED) is 0.133. The van der Waals surface area contributed by atoms with Crippen LogP contribution in [0, 0.1) is 37.0 Å². The van der Waals surface area contributed by atoms with Crippen LogP contribution in [0.25, 0.3) is 78.4 Å². The normalized spacial score (nSPS) is 14.8. The molecule has 0 heteroatoms. The minimum Gasteiger partial charge on any atom is -0.115 e. The zero-order valence-corrected chi connectivity index (χ0v) is 39.7. The summed E-state index contributed by atoms with van der Waals surface area (Å²) in [5, 5.41) is 0. The van der Waals surface area contributed by atoms with Crippen molar-refractivity contribution in [2.75, 3.05) is 0 Å². The molecule has 0 aliphatic heterocycles. The van der Waals surface area contributed by atoms with Gasteiger partial charge in [0.2, 0.25) is 0 Å². The van der Waals surface area contributed by atoms with Gasteiger partial charge in [-0.25, -0.2) is 0 Å². The van der Waals surface area contributed by atoms with Crippen LogP contribution in [0.5, 0.6) is 0 Å². The van der Waals surface area contributed by atoms with Crippen LogP contribution in [0.2, 0.25) is 0 Å². The maximum atomic E-state index is 5.76. The van der Waals surface area contributed by atoms with Crippen LogP contribution in [-0.4, -0.2) is 0 Å². The Labute approximate surface area is 423 Å². The standard InChI is InChI=1S/C72H46/c1-4-46-19-25-49(26-20-46)37-67-61-16-10-7-13-58(61)64-34-31-52(43-70(64)67)55-40-56(53-32-35-65-59-14-8-11-17-62(59)68(71(65)44-53)38-50-27-21-47(5-2)22-28-50)42-57(41-55)54-33-36-66-60-15-9-12-18-63(60)69(72(66)45-54)39-51-29-23-48(6-3)24-30-51/h1-3,7-37,40-45,68-69H,38-39H2/b67-37+. The first-order valence-electron chi connectivity index (χ1n) is 24.8. The Bertz CT molecular complexity index is 3810. The van der Waals surface area contributed by atoms with Crippen LogP contribution in [0.15, 0.2) is 218 Å². The molecule has 0 saturated carbocycles. The highest BCUT2D eigenvalue weighted by Gasteiger charge is 2.31. The molecule has 0 heterocycles. The molecule has 2 atom stereocenters. The van der Waals surface area contributed by atoms with E-state index in [2.05, 4.69) is 230 Å². The first-order valence-corrected chi connectivity index (χ1v) is 24.8. The lowest BCUT2D eigenvalue weighted by Gasteiger charge is -2.17. The largest absolute Gasteiger partial charge is 0.115 e. The molecule has 334 valence electrons. The summed E-state index contributed by atoms with van der Waals surface area (Å²) in [6.07, 6.45) is 21.4. The third-order valence-corrected chi connectivity index (χ3v) is 15.4. The van der Waals surface area contributed by atoms with Crippen molar-refractivity contribution in [3.8, 4) is 104 Å². The Morgan fingerprint density at radius 3 is 1.15 bits per heavy atom. The topological polar surface area (TPSA) is 0 Å². The Morgan fingerprint density at radius 1 is 0.306 bits per heavy atom. The summed E-state index contributed by atoms with van der Waals surface area (Å²) < 4.78 is 0. The Hall–Kier alpha value is -9.38. The summed E-state index contributed by atoms with van der Waals surface area (Å²) in [6, 6.07) is 80.4. The van der Waals surface area contributed by atoms with Crippen molar-refractivity contribution >= 4 is 11.6 Å². The zero-order chi connectivity index (χ0) is 48.3. The number of hydrogen-bond acceptors (Lipinski definition) is 0. The second-order valence-corrected chi connectivity index (χ2v) is 19.4. The molecular weight excluding hydrogens is 865 g/mol. The van der Waals surface area contributed by atoms with Crippen molar-refractivity contribution in [1.82, 2.24) is 0 Å². The summed E-state index contributed by atoms with van der Waals surface area (Å²) in [5.74, 6) is 8.76. The van der Waals surface area contributed by atoms with Crippen LogP contribution in [0.3, 0.4) is 0 Å². The maximum absolute atomic E-state index is 5.76. The molecule has 10 aromatic rings. The third-order valence-electron chi connectivity index (χ3n) is 15.4. The monoisotopic (exact) mass is 910 g/mol. The van der Waals surface area contributed by atoms with Gasteiger partial charge in [0.15, 0.2) is 0 Å². The Morgan fingerprint density at radius 2 is 0.681 bits per heavy atom. The van der Waals surface area contributed by atoms with Crippen molar-refractivity contribution in [2.45, 2.75) is 24.7 Å². The number of benzene rings is 10. The number of rotatable bonds is 8. The van der Waals surface area contributed by atoms with Gasteiger partial charge in [0.25, 0.3) is 0 Å². The fourth-order valence-corrected chi connectivity index (χ4v) is 11.8. The highest BCUT2D eigenvalue weighted by Crippen LogP contribution is 2.51. The van der Waals surface area contributed by atoms with Gasteiger partial charge in [-0.3, -0.25) is 0 Å². The molecule has 13 rings (SSSR count). The summed E-state index contributed by atoms with van der Waals surface area (Å²) in [4.78, 5) is 0. The van der Waals surface area contributed by atoms with Crippen molar-refractivity contribution in [3.63, 3.8) is 0 Å². The van der Waals surface area contributed by atoms with Gasteiger partial charge < -0.3 is 0 Å². The lowest BCUT2D eigenvalue weighted by molar-refractivity contribution is 0.827. The van der Waals surface area contributed by atoms with E-state index >= 15 is 0 Å². The smallest absolute Gasteiger partial charge is 0.0243 e. The van der Waals surface area contributed by atoms with E-state index in [9.17, 15) is 0 Å². The lowest BCUT2D eigenvalue weighted by atomic mass is 9.86. The fraction of sp³-hybridized carbons (Fsp3) is 0.0556. The van der Waals surface area contributed by atoms with E-state index in [0.29, 0.717) is 0 Å². The second kappa shape index (κ2) is 17.5. The second-order valence-electron chi connectivity index (χ2n) is 19.4. The van der Waals surface area contributed by atoms with Crippen molar-refractivity contribution in [1.29, 1.82) is 0 Å². The van der Waals surface area contributed by atoms with E-state index in [1.165, 1.54) is 117 Å². The lowest BCUT2D eigenvalue weighted by Crippen LogP contribution is -2.02. The first-order chi connectivity index (χ1) is 35.5. The van der Waals surface area contributed by atoms with Gasteiger partial charge in [-0.15, -0.1) is 19.3 Å². The van der Waals surface area contributed by atoms with Gasteiger partial charge in [0, 0.05) is 28.5 Å². The SMILES string of the molecule is C#Cc1ccc(/C=C2\c3ccccc3-c3ccc(-c4cc(-c5ccc6c(c5)C(Cc5ccc(C#C)cc5)c5ccccc5-6)cc(-c5ccc6c(c5)C(Cc5ccc(C#C)cc5)c5ccccc5-6)c4)cc32)cc1. The number of fused-ring (bicyclic) bond motifs is 9. The van der Waals surface area contributed by atoms with Gasteiger partial charge in [0.1, 0.15) is 0 Å². The molecule has 0 N–H and O–H groups in total. The molecule has 0 radical (unpaired) electrons. The summed E-state index contributed by atoms with van der Waals surface area (Å²) >= 11 is 0. The highest BCUT2D eigenvalue weighted by molar-refractivity contribution is 6.07. The highest BCUT2D eigenvalue weighted by atomic mass is 14.3. The minimum absolute atomic E-state index is 0.208. The van der Waals surface area contributed by atoms with Gasteiger partial charge in [-0.2, -0.15) is 0 Å². The molecule has 10 aromatic carbocycles. The van der Waals surface area contributed by atoms with Gasteiger partial charge >= 0.3 is 0 Å². The summed E-state index contributed by atoms with van der Waals surface area (Å²) in [7, 11) is 0. The van der Waals surface area contributed by atoms with Crippen LogP contribution in [0.4, 0.5) is 0 Å². The summed E-state index contributed by atoms with van der Waals surface area (Å²) in [5.41, 5.74) is 30.3. The molecule has 0 fully saturated rings. The summed E-state index contributed by atoms with van der Waals surface area (Å²) in [6.45, 7) is 0. The Kier molecular flexibility index (Phi) is 10.4. The molecule has 2 unspecified atom stereocenters. The first kappa shape index (κ1) is 42.7. The molecule has 3 aliphatic carbocycles. The molecule has 0 amide bonds. The van der Waals surface area contributed by atoms with Gasteiger partial charge in [-0.1, -0.05) is 163 Å². The molecular formula is C72H46. The molecule has 0 bridgehead atoms. The average molecular weight is 911 g/mol. The molecule has 0 aromatic heterocycles. The maximum Gasteiger partial charge on any atom is 0.0243 e. The number of hydrogen-bond donors (Lipinski definition) is 0. The molecule has 0 spiro atoms. The van der Waals surface area contributed by atoms with Crippen molar-refractivity contribution in [2.24, 2.45) is 0 Å². The number of terminal acetylenes is 3. The molecule has 3 aliphatic rings. The third kappa shape index (κ3) is 7.40. The van der Waals surface area contributed by atoms with Crippen molar-refractivity contribution in [3.05, 3.63) is 285 Å². The molecule has 0 nitrogen and oxygen atoms in total. The van der Waals surface area contributed by atoms with Gasteiger partial charge in [0.05, 0.1) is 0 Å². The zero-order valence-electron chi connectivity index (χ0n) is 39.7. The average Bonchev–Trinajstić information content (AvgIpc) is 4.05. The Balaban J connectivity index is 0.964. The van der Waals surface area contributed by atoms with E-state index in [-0.39, 0.29) is 11.8 Å². The van der Waals surface area contributed by atoms with E-state index < -0.39 is 0 Å². The fourth-order valence-electron chi connectivity index (χ4n) is 11.8.